The third kappa shape index (κ3) is 3.37. The maximum absolute atomic E-state index is 12.4. The molecule has 106 valence electrons. The average Bonchev–Trinajstić information content (AvgIpc) is 2.78. The Kier molecular flexibility index (Phi) is 4.99. The number of hydrogen-bond acceptors (Lipinski definition) is 3. The normalized spacial score (nSPS) is 17.2. The van der Waals surface area contributed by atoms with Crippen LogP contribution in [0.4, 0.5) is 0 Å². The predicted octanol–water partition coefficient (Wildman–Crippen LogP) is 2.86. The van der Waals surface area contributed by atoms with Gasteiger partial charge < -0.3 is 10.0 Å². The molecule has 1 aliphatic rings. The minimum absolute atomic E-state index is 0.00727. The molecule has 1 aliphatic carbocycles. The maximum atomic E-state index is 12.4. The van der Waals surface area contributed by atoms with Crippen LogP contribution in [0, 0.1) is 0 Å². The van der Waals surface area contributed by atoms with Crippen molar-refractivity contribution < 1.29 is 9.90 Å². The van der Waals surface area contributed by atoms with Gasteiger partial charge in [0.1, 0.15) is 0 Å². The number of aryl methyl sites for hydroxylation is 2. The molecular formula is C15H23NO2S. The number of hydrogen-bond donors (Lipinski definition) is 1. The van der Waals surface area contributed by atoms with Crippen molar-refractivity contribution in [3.8, 4) is 0 Å². The van der Waals surface area contributed by atoms with E-state index in [9.17, 15) is 4.79 Å². The van der Waals surface area contributed by atoms with Gasteiger partial charge in [-0.25, -0.2) is 0 Å². The second-order valence-corrected chi connectivity index (χ2v) is 6.56. The molecule has 0 aliphatic heterocycles. The van der Waals surface area contributed by atoms with E-state index in [1.807, 2.05) is 6.92 Å². The summed E-state index contributed by atoms with van der Waals surface area (Å²) < 4.78 is 0. The van der Waals surface area contributed by atoms with E-state index >= 15 is 0 Å². The summed E-state index contributed by atoms with van der Waals surface area (Å²) in [6, 6.07) is 1.95. The van der Waals surface area contributed by atoms with Crippen LogP contribution in [0.3, 0.4) is 0 Å². The molecule has 1 heterocycles. The van der Waals surface area contributed by atoms with Gasteiger partial charge in [-0.1, -0.05) is 12.8 Å². The zero-order valence-corrected chi connectivity index (χ0v) is 12.6. The molecule has 1 atom stereocenters. The number of aliphatic hydroxyl groups excluding tert-OH is 1. The Hall–Kier alpha value is -0.870. The molecule has 0 radical (unpaired) electrons. The highest BCUT2D eigenvalue weighted by Crippen LogP contribution is 2.29. The van der Waals surface area contributed by atoms with Crippen molar-refractivity contribution in [2.24, 2.45) is 0 Å². The van der Waals surface area contributed by atoms with E-state index in [-0.39, 0.29) is 18.6 Å². The predicted molar refractivity (Wildman–Crippen MR) is 78.8 cm³/mol. The summed E-state index contributed by atoms with van der Waals surface area (Å²) in [7, 11) is 1.76. The second kappa shape index (κ2) is 6.53. The molecule has 0 fully saturated rings. The Labute approximate surface area is 119 Å². The van der Waals surface area contributed by atoms with Gasteiger partial charge in [-0.05, 0) is 44.2 Å². The summed E-state index contributed by atoms with van der Waals surface area (Å²) in [4.78, 5) is 16.2. The van der Waals surface area contributed by atoms with Crippen LogP contribution in [-0.2, 0) is 12.8 Å². The van der Waals surface area contributed by atoms with E-state index in [4.69, 9.17) is 5.11 Å². The summed E-state index contributed by atoms with van der Waals surface area (Å²) in [5.41, 5.74) is 1.37. The molecule has 0 aromatic carbocycles. The van der Waals surface area contributed by atoms with Crippen LogP contribution >= 0.6 is 11.3 Å². The first-order chi connectivity index (χ1) is 9.13. The van der Waals surface area contributed by atoms with Crippen molar-refractivity contribution in [1.29, 1.82) is 0 Å². The lowest BCUT2D eigenvalue weighted by molar-refractivity contribution is 0.0687. The van der Waals surface area contributed by atoms with Gasteiger partial charge in [0.05, 0.1) is 17.5 Å². The Balaban J connectivity index is 2.16. The first-order valence-electron chi connectivity index (χ1n) is 7.13. The number of fused-ring (bicyclic) bond motifs is 1. The first kappa shape index (κ1) is 14.5. The largest absolute Gasteiger partial charge is 0.394 e. The van der Waals surface area contributed by atoms with Crippen LogP contribution in [0.25, 0.3) is 0 Å². The molecular weight excluding hydrogens is 258 g/mol. The van der Waals surface area contributed by atoms with Crippen LogP contribution in [0.15, 0.2) is 6.07 Å². The smallest absolute Gasteiger partial charge is 0.263 e. The van der Waals surface area contributed by atoms with Crippen LogP contribution in [0.5, 0.6) is 0 Å². The maximum Gasteiger partial charge on any atom is 0.263 e. The molecule has 0 saturated carbocycles. The van der Waals surface area contributed by atoms with Crippen molar-refractivity contribution in [1.82, 2.24) is 4.90 Å². The molecule has 1 aromatic rings. The summed E-state index contributed by atoms with van der Waals surface area (Å²) in [6.07, 6.45) is 7.32. The van der Waals surface area contributed by atoms with Gasteiger partial charge in [-0.2, -0.15) is 0 Å². The zero-order valence-electron chi connectivity index (χ0n) is 11.8. The molecule has 0 bridgehead atoms. The van der Waals surface area contributed by atoms with Crippen molar-refractivity contribution in [3.63, 3.8) is 0 Å². The first-order valence-corrected chi connectivity index (χ1v) is 7.94. The number of amides is 1. The van der Waals surface area contributed by atoms with Crippen LogP contribution in [0.2, 0.25) is 0 Å². The van der Waals surface area contributed by atoms with Gasteiger partial charge in [0.15, 0.2) is 0 Å². The highest BCUT2D eigenvalue weighted by molar-refractivity contribution is 7.14. The standard InChI is InChI=1S/C15H23NO2S/c1-11(10-17)16(2)15(18)14-9-12-7-5-3-4-6-8-13(12)19-14/h9,11,17H,3-8,10H2,1-2H3. The Morgan fingerprint density at radius 1 is 1.37 bits per heavy atom. The van der Waals surface area contributed by atoms with Gasteiger partial charge in [0.2, 0.25) is 0 Å². The van der Waals surface area contributed by atoms with E-state index in [1.54, 1.807) is 23.3 Å². The molecule has 1 N–H and O–H groups in total. The number of carbonyl (C=O) groups is 1. The second-order valence-electron chi connectivity index (χ2n) is 5.42. The van der Waals surface area contributed by atoms with E-state index in [0.717, 1.165) is 17.7 Å². The lowest BCUT2D eigenvalue weighted by Gasteiger charge is -2.22. The summed E-state index contributed by atoms with van der Waals surface area (Å²) >= 11 is 1.65. The number of nitrogens with zero attached hydrogens (tertiary/aromatic N) is 1. The van der Waals surface area contributed by atoms with Crippen LogP contribution < -0.4 is 0 Å². The highest BCUT2D eigenvalue weighted by Gasteiger charge is 2.21. The van der Waals surface area contributed by atoms with E-state index < -0.39 is 0 Å². The van der Waals surface area contributed by atoms with E-state index in [1.165, 1.54) is 36.1 Å². The fraction of sp³-hybridized carbons (Fsp3) is 0.667. The van der Waals surface area contributed by atoms with Gasteiger partial charge in [-0.3, -0.25) is 4.79 Å². The average molecular weight is 281 g/mol. The third-order valence-electron chi connectivity index (χ3n) is 3.95. The number of carbonyl (C=O) groups excluding carboxylic acids is 1. The topological polar surface area (TPSA) is 40.5 Å². The molecule has 1 amide bonds. The van der Waals surface area contributed by atoms with Crippen molar-refractivity contribution in [3.05, 3.63) is 21.4 Å². The molecule has 3 nitrogen and oxygen atoms in total. The van der Waals surface area contributed by atoms with Gasteiger partial charge in [0.25, 0.3) is 5.91 Å². The van der Waals surface area contributed by atoms with Crippen molar-refractivity contribution in [2.75, 3.05) is 13.7 Å². The Morgan fingerprint density at radius 3 is 2.74 bits per heavy atom. The van der Waals surface area contributed by atoms with Crippen molar-refractivity contribution >= 4 is 17.2 Å². The molecule has 4 heteroatoms. The number of aliphatic hydroxyl groups is 1. The highest BCUT2D eigenvalue weighted by atomic mass is 32.1. The summed E-state index contributed by atoms with van der Waals surface area (Å²) in [5.74, 6) is 0.0401. The fourth-order valence-electron chi connectivity index (χ4n) is 2.45. The van der Waals surface area contributed by atoms with Gasteiger partial charge in [0, 0.05) is 11.9 Å². The molecule has 1 aromatic heterocycles. The molecule has 2 rings (SSSR count). The molecule has 0 saturated heterocycles. The lowest BCUT2D eigenvalue weighted by atomic mass is 10.00. The number of likely N-dealkylation sites (N-methyl/N-ethyl adjacent to an activating group) is 1. The van der Waals surface area contributed by atoms with Crippen LogP contribution in [0.1, 0.15) is 52.7 Å². The zero-order chi connectivity index (χ0) is 13.8. The van der Waals surface area contributed by atoms with E-state index in [0.29, 0.717) is 0 Å². The number of rotatable bonds is 3. The molecule has 19 heavy (non-hydrogen) atoms. The lowest BCUT2D eigenvalue weighted by Crippen LogP contribution is -2.36. The van der Waals surface area contributed by atoms with Crippen molar-refractivity contribution in [2.45, 2.75) is 51.5 Å². The molecule has 1 unspecified atom stereocenters. The number of thiophene rings is 1. The third-order valence-corrected chi connectivity index (χ3v) is 5.18. The Bertz CT molecular complexity index is 416. The Morgan fingerprint density at radius 2 is 2.05 bits per heavy atom. The van der Waals surface area contributed by atoms with Gasteiger partial charge in [-0.15, -0.1) is 11.3 Å². The molecule has 0 spiro atoms. The minimum atomic E-state index is -0.128. The summed E-state index contributed by atoms with van der Waals surface area (Å²) in [5, 5.41) is 9.15. The fourth-order valence-corrected chi connectivity index (χ4v) is 3.68. The SMILES string of the molecule is CC(CO)N(C)C(=O)c1cc2c(s1)CCCCCC2. The van der Waals surface area contributed by atoms with Gasteiger partial charge >= 0.3 is 0 Å². The summed E-state index contributed by atoms with van der Waals surface area (Å²) in [6.45, 7) is 1.87. The van der Waals surface area contributed by atoms with Crippen LogP contribution in [-0.4, -0.2) is 35.6 Å². The van der Waals surface area contributed by atoms with E-state index in [2.05, 4.69) is 6.07 Å². The minimum Gasteiger partial charge on any atom is -0.394 e. The quantitative estimate of drug-likeness (QED) is 0.925. The monoisotopic (exact) mass is 281 g/mol.